The molecule has 4 aromatic rings. The van der Waals surface area contributed by atoms with Gasteiger partial charge in [0.2, 0.25) is 11.8 Å². The van der Waals surface area contributed by atoms with E-state index in [2.05, 4.69) is 25.8 Å². The summed E-state index contributed by atoms with van der Waals surface area (Å²) < 4.78 is 12.4. The zero-order valence-corrected chi connectivity index (χ0v) is 24.3. The SMILES string of the molecule is CCn1c(CNC(=O)/C=C/c2ccc(OC)c(OC)c2)nnc1SCC(=O)Nc1nc(-c2ccccc2)c(C)s1. The highest BCUT2D eigenvalue weighted by atomic mass is 32.2. The highest BCUT2D eigenvalue weighted by Gasteiger charge is 2.16. The van der Waals surface area contributed by atoms with E-state index in [9.17, 15) is 9.59 Å². The highest BCUT2D eigenvalue weighted by molar-refractivity contribution is 7.99. The second kappa shape index (κ2) is 13.8. The molecule has 4 rings (SSSR count). The maximum absolute atomic E-state index is 12.6. The van der Waals surface area contributed by atoms with Gasteiger partial charge >= 0.3 is 0 Å². The van der Waals surface area contributed by atoms with Crippen LogP contribution in [0.25, 0.3) is 17.3 Å². The van der Waals surface area contributed by atoms with E-state index in [0.29, 0.717) is 34.2 Å². The Morgan fingerprint density at radius 2 is 1.85 bits per heavy atom. The number of aryl methyl sites for hydroxylation is 1. The molecule has 208 valence electrons. The first-order chi connectivity index (χ1) is 19.4. The first-order valence-corrected chi connectivity index (χ1v) is 14.3. The van der Waals surface area contributed by atoms with Crippen LogP contribution in [0.4, 0.5) is 5.13 Å². The van der Waals surface area contributed by atoms with Crippen molar-refractivity contribution in [3.8, 4) is 22.8 Å². The Hall–Kier alpha value is -4.16. The van der Waals surface area contributed by atoms with Gasteiger partial charge in [0.1, 0.15) is 0 Å². The standard InChI is InChI=1S/C28H30N6O4S2/c1-5-34-23(16-29-24(35)14-12-19-11-13-21(37-3)22(15-19)38-4)32-33-28(34)39-17-25(36)30-27-31-26(18(2)40-27)20-9-7-6-8-10-20/h6-15H,5,16-17H2,1-4H3,(H,29,35)(H,30,31,36)/b14-12+. The van der Waals surface area contributed by atoms with Crippen molar-refractivity contribution < 1.29 is 19.1 Å². The van der Waals surface area contributed by atoms with E-state index < -0.39 is 0 Å². The molecule has 0 aliphatic carbocycles. The van der Waals surface area contributed by atoms with Crippen molar-refractivity contribution in [2.75, 3.05) is 25.3 Å². The number of benzene rings is 2. The van der Waals surface area contributed by atoms with E-state index in [0.717, 1.165) is 21.7 Å². The van der Waals surface area contributed by atoms with E-state index in [-0.39, 0.29) is 24.1 Å². The molecule has 10 nitrogen and oxygen atoms in total. The average Bonchev–Trinajstić information content (AvgIpc) is 3.55. The molecule has 0 saturated carbocycles. The second-order valence-electron chi connectivity index (χ2n) is 8.44. The molecule has 2 N–H and O–H groups in total. The van der Waals surface area contributed by atoms with Gasteiger partial charge in [-0.05, 0) is 37.6 Å². The lowest BCUT2D eigenvalue weighted by molar-refractivity contribution is -0.116. The number of methoxy groups -OCH3 is 2. The number of anilines is 1. The van der Waals surface area contributed by atoms with E-state index >= 15 is 0 Å². The minimum Gasteiger partial charge on any atom is -0.493 e. The van der Waals surface area contributed by atoms with Crippen LogP contribution in [0.5, 0.6) is 11.5 Å². The zero-order valence-electron chi connectivity index (χ0n) is 22.6. The van der Waals surface area contributed by atoms with Crippen molar-refractivity contribution in [1.82, 2.24) is 25.1 Å². The lowest BCUT2D eigenvalue weighted by Crippen LogP contribution is -2.22. The van der Waals surface area contributed by atoms with E-state index in [4.69, 9.17) is 9.47 Å². The largest absolute Gasteiger partial charge is 0.493 e. The molecule has 0 aliphatic heterocycles. The molecule has 0 radical (unpaired) electrons. The third-order valence-electron chi connectivity index (χ3n) is 5.79. The normalized spacial score (nSPS) is 11.0. The van der Waals surface area contributed by atoms with Gasteiger partial charge in [-0.2, -0.15) is 0 Å². The topological polar surface area (TPSA) is 120 Å². The molecule has 0 unspecified atom stereocenters. The van der Waals surface area contributed by atoms with Crippen LogP contribution in [0.3, 0.4) is 0 Å². The van der Waals surface area contributed by atoms with Crippen LogP contribution in [0.2, 0.25) is 0 Å². The summed E-state index contributed by atoms with van der Waals surface area (Å²) in [6.07, 6.45) is 3.13. The first kappa shape index (κ1) is 28.8. The fourth-order valence-corrected chi connectivity index (χ4v) is 5.50. The van der Waals surface area contributed by atoms with Crippen molar-refractivity contribution in [2.45, 2.75) is 32.1 Å². The molecule has 2 amide bonds. The number of nitrogens with one attached hydrogen (secondary N) is 2. The van der Waals surface area contributed by atoms with Crippen LogP contribution in [-0.4, -0.2) is 51.5 Å². The number of carbonyl (C=O) groups excluding carboxylic acids is 2. The van der Waals surface area contributed by atoms with Crippen molar-refractivity contribution in [3.05, 3.63) is 70.9 Å². The van der Waals surface area contributed by atoms with E-state index in [1.165, 1.54) is 29.2 Å². The third kappa shape index (κ3) is 7.27. The molecule has 2 aromatic heterocycles. The molecule has 12 heteroatoms. The summed E-state index contributed by atoms with van der Waals surface area (Å²) in [5.74, 6) is 1.49. The molecule has 0 spiro atoms. The van der Waals surface area contributed by atoms with Crippen LogP contribution in [0, 0.1) is 6.92 Å². The summed E-state index contributed by atoms with van der Waals surface area (Å²) in [5.41, 5.74) is 2.67. The van der Waals surface area contributed by atoms with Gasteiger partial charge in [0.25, 0.3) is 0 Å². The Balaban J connectivity index is 1.30. The molecule has 0 atom stereocenters. The van der Waals surface area contributed by atoms with Gasteiger partial charge in [0, 0.05) is 23.1 Å². The Morgan fingerprint density at radius 1 is 1.07 bits per heavy atom. The number of thiazole rings is 1. The second-order valence-corrected chi connectivity index (χ2v) is 10.6. The highest BCUT2D eigenvalue weighted by Crippen LogP contribution is 2.30. The zero-order chi connectivity index (χ0) is 28.5. The lowest BCUT2D eigenvalue weighted by Gasteiger charge is -2.08. The van der Waals surface area contributed by atoms with Crippen LogP contribution >= 0.6 is 23.1 Å². The predicted octanol–water partition coefficient (Wildman–Crippen LogP) is 4.81. The molecule has 2 heterocycles. The number of nitrogens with zero attached hydrogens (tertiary/aromatic N) is 4. The van der Waals surface area contributed by atoms with Crippen molar-refractivity contribution in [3.63, 3.8) is 0 Å². The molecular weight excluding hydrogens is 548 g/mol. The Bertz CT molecular complexity index is 1500. The summed E-state index contributed by atoms with van der Waals surface area (Å²) in [4.78, 5) is 30.7. The van der Waals surface area contributed by atoms with Crippen molar-refractivity contribution in [2.24, 2.45) is 0 Å². The Morgan fingerprint density at radius 3 is 2.58 bits per heavy atom. The minimum atomic E-state index is -0.275. The summed E-state index contributed by atoms with van der Waals surface area (Å²) >= 11 is 2.72. The van der Waals surface area contributed by atoms with Gasteiger partial charge in [-0.25, -0.2) is 4.98 Å². The van der Waals surface area contributed by atoms with Crippen LogP contribution in [0.15, 0.2) is 59.8 Å². The van der Waals surface area contributed by atoms with Crippen LogP contribution in [-0.2, 0) is 22.7 Å². The molecule has 0 bridgehead atoms. The predicted molar refractivity (Wildman–Crippen MR) is 158 cm³/mol. The van der Waals surface area contributed by atoms with Gasteiger partial charge in [0.15, 0.2) is 27.6 Å². The number of ether oxygens (including phenoxy) is 2. The molecule has 40 heavy (non-hydrogen) atoms. The van der Waals surface area contributed by atoms with Gasteiger partial charge in [-0.1, -0.05) is 48.2 Å². The molecule has 0 saturated heterocycles. The summed E-state index contributed by atoms with van der Waals surface area (Å²) in [7, 11) is 3.13. The number of aromatic nitrogens is 4. The number of carbonyl (C=O) groups is 2. The van der Waals surface area contributed by atoms with Gasteiger partial charge in [-0.15, -0.1) is 21.5 Å². The number of hydrogen-bond acceptors (Lipinski definition) is 9. The van der Waals surface area contributed by atoms with Crippen LogP contribution in [0.1, 0.15) is 23.2 Å². The van der Waals surface area contributed by atoms with Crippen LogP contribution < -0.4 is 20.1 Å². The van der Waals surface area contributed by atoms with E-state index in [1.807, 2.05) is 54.8 Å². The smallest absolute Gasteiger partial charge is 0.244 e. The maximum atomic E-state index is 12.6. The summed E-state index contributed by atoms with van der Waals surface area (Å²) in [5, 5.41) is 15.3. The van der Waals surface area contributed by atoms with Crippen molar-refractivity contribution >= 4 is 46.1 Å². The Kier molecular flexibility index (Phi) is 9.92. The minimum absolute atomic E-state index is 0.151. The van der Waals surface area contributed by atoms with E-state index in [1.54, 1.807) is 32.4 Å². The molecule has 2 aromatic carbocycles. The fraction of sp³-hybridized carbons (Fsp3) is 0.250. The monoisotopic (exact) mass is 578 g/mol. The first-order valence-electron chi connectivity index (χ1n) is 12.5. The molecular formula is C28H30N6O4S2. The van der Waals surface area contributed by atoms with Gasteiger partial charge in [0.05, 0.1) is 32.2 Å². The Labute approximate surface area is 240 Å². The molecule has 0 aliphatic rings. The van der Waals surface area contributed by atoms with Crippen molar-refractivity contribution in [1.29, 1.82) is 0 Å². The maximum Gasteiger partial charge on any atom is 0.244 e. The summed E-state index contributed by atoms with van der Waals surface area (Å²) in [6.45, 7) is 4.73. The number of rotatable bonds is 12. The quantitative estimate of drug-likeness (QED) is 0.182. The average molecular weight is 579 g/mol. The third-order valence-corrected chi connectivity index (χ3v) is 7.64. The number of hydrogen-bond donors (Lipinski definition) is 2. The summed E-state index contributed by atoms with van der Waals surface area (Å²) in [6, 6.07) is 15.3. The van der Waals surface area contributed by atoms with Gasteiger partial charge < -0.3 is 24.7 Å². The van der Waals surface area contributed by atoms with Gasteiger partial charge in [-0.3, -0.25) is 9.59 Å². The number of thioether (sulfide) groups is 1. The molecule has 0 fully saturated rings. The lowest BCUT2D eigenvalue weighted by atomic mass is 10.1. The fourth-order valence-electron chi connectivity index (χ4n) is 3.83. The number of amides is 2.